The van der Waals surface area contributed by atoms with Gasteiger partial charge in [-0.1, -0.05) is 53.6 Å². The molecular weight excluding hydrogens is 386 g/mol. The highest BCUT2D eigenvalue weighted by atomic mass is 32.2. The van der Waals surface area contributed by atoms with Crippen LogP contribution in [0.5, 0.6) is 0 Å². The molecule has 0 aromatic heterocycles. The maximum absolute atomic E-state index is 13.5. The Balaban J connectivity index is 1.66. The Kier molecular flexibility index (Phi) is 5.21. The molecule has 28 heavy (non-hydrogen) atoms. The molecule has 1 atom stereocenters. The van der Waals surface area contributed by atoms with Gasteiger partial charge in [-0.2, -0.15) is 0 Å². The molecule has 1 unspecified atom stereocenters. The van der Waals surface area contributed by atoms with Crippen molar-refractivity contribution in [3.05, 3.63) is 89.5 Å². The fourth-order valence-electron chi connectivity index (χ4n) is 3.53. The van der Waals surface area contributed by atoms with E-state index in [4.69, 9.17) is 0 Å². The molecule has 1 aliphatic rings. The lowest BCUT2D eigenvalue weighted by Crippen LogP contribution is -2.39. The standard InChI is InChI=1S/C23H23NO2S2/c1-17-7-11-21(12-8-17)27-16-20-15-19-5-3-4-6-23(19)24(20)28(25,26)22-13-9-18(2)10-14-22/h3-14,20H,15-16H2,1-2H3. The minimum absolute atomic E-state index is 0.102. The first-order valence-corrected chi connectivity index (χ1v) is 11.8. The van der Waals surface area contributed by atoms with Gasteiger partial charge >= 0.3 is 0 Å². The van der Waals surface area contributed by atoms with Gasteiger partial charge in [0.2, 0.25) is 0 Å². The largest absolute Gasteiger partial charge is 0.264 e. The van der Waals surface area contributed by atoms with Gasteiger partial charge in [0, 0.05) is 10.6 Å². The smallest absolute Gasteiger partial charge is 0.262 e. The summed E-state index contributed by atoms with van der Waals surface area (Å²) in [5.74, 6) is 0.711. The summed E-state index contributed by atoms with van der Waals surface area (Å²) in [5.41, 5.74) is 4.17. The number of para-hydroxylation sites is 1. The van der Waals surface area contributed by atoms with E-state index in [1.807, 2.05) is 43.3 Å². The summed E-state index contributed by atoms with van der Waals surface area (Å²) in [4.78, 5) is 1.51. The maximum Gasteiger partial charge on any atom is 0.264 e. The lowest BCUT2D eigenvalue weighted by molar-refractivity contribution is 0.585. The Bertz CT molecular complexity index is 1070. The molecule has 0 radical (unpaired) electrons. The van der Waals surface area contributed by atoms with Crippen molar-refractivity contribution in [1.29, 1.82) is 0 Å². The molecular formula is C23H23NO2S2. The summed E-state index contributed by atoms with van der Waals surface area (Å²) >= 11 is 1.71. The van der Waals surface area contributed by atoms with Crippen LogP contribution in [-0.4, -0.2) is 20.2 Å². The van der Waals surface area contributed by atoms with Gasteiger partial charge in [-0.05, 0) is 56.2 Å². The van der Waals surface area contributed by atoms with E-state index in [0.717, 1.165) is 28.1 Å². The lowest BCUT2D eigenvalue weighted by atomic mass is 10.1. The van der Waals surface area contributed by atoms with Crippen molar-refractivity contribution in [3.63, 3.8) is 0 Å². The minimum atomic E-state index is -3.61. The highest BCUT2D eigenvalue weighted by Crippen LogP contribution is 2.38. The third kappa shape index (κ3) is 3.69. The first-order valence-electron chi connectivity index (χ1n) is 9.33. The predicted molar refractivity (Wildman–Crippen MR) is 117 cm³/mol. The first kappa shape index (κ1) is 19.1. The average molecular weight is 410 g/mol. The van der Waals surface area contributed by atoms with E-state index in [2.05, 4.69) is 31.2 Å². The summed E-state index contributed by atoms with van der Waals surface area (Å²) in [6.45, 7) is 4.03. The Morgan fingerprint density at radius 2 is 1.50 bits per heavy atom. The average Bonchev–Trinajstić information content (AvgIpc) is 3.07. The Hall–Kier alpha value is -2.24. The van der Waals surface area contributed by atoms with Crippen LogP contribution < -0.4 is 4.31 Å². The second kappa shape index (κ2) is 7.64. The SMILES string of the molecule is Cc1ccc(SCC2Cc3ccccc3N2S(=O)(=O)c2ccc(C)cc2)cc1. The molecule has 3 aromatic carbocycles. The van der Waals surface area contributed by atoms with Gasteiger partial charge in [0.25, 0.3) is 10.0 Å². The number of anilines is 1. The number of rotatable bonds is 5. The Labute approximate surface area is 171 Å². The highest BCUT2D eigenvalue weighted by molar-refractivity contribution is 7.99. The van der Waals surface area contributed by atoms with Crippen LogP contribution >= 0.6 is 11.8 Å². The number of thioether (sulfide) groups is 1. The van der Waals surface area contributed by atoms with Crippen molar-refractivity contribution in [2.45, 2.75) is 36.1 Å². The van der Waals surface area contributed by atoms with E-state index >= 15 is 0 Å². The molecule has 0 fully saturated rings. The van der Waals surface area contributed by atoms with Gasteiger partial charge in [-0.25, -0.2) is 8.42 Å². The van der Waals surface area contributed by atoms with Crippen molar-refractivity contribution in [2.24, 2.45) is 0 Å². The maximum atomic E-state index is 13.5. The second-order valence-corrected chi connectivity index (χ2v) is 10.1. The van der Waals surface area contributed by atoms with Gasteiger partial charge in [0.1, 0.15) is 0 Å². The van der Waals surface area contributed by atoms with Crippen LogP contribution in [0.4, 0.5) is 5.69 Å². The van der Waals surface area contributed by atoms with Crippen LogP contribution in [-0.2, 0) is 16.4 Å². The number of hydrogen-bond acceptors (Lipinski definition) is 3. The van der Waals surface area contributed by atoms with Crippen LogP contribution in [0.3, 0.4) is 0 Å². The normalized spacial score (nSPS) is 16.2. The number of fused-ring (bicyclic) bond motifs is 1. The van der Waals surface area contributed by atoms with Crippen LogP contribution in [0.25, 0.3) is 0 Å². The van der Waals surface area contributed by atoms with Crippen LogP contribution in [0, 0.1) is 13.8 Å². The molecule has 0 saturated carbocycles. The number of sulfonamides is 1. The quantitative estimate of drug-likeness (QED) is 0.543. The molecule has 0 saturated heterocycles. The molecule has 0 amide bonds. The molecule has 0 N–H and O–H groups in total. The number of nitrogens with zero attached hydrogens (tertiary/aromatic N) is 1. The van der Waals surface area contributed by atoms with Crippen LogP contribution in [0.15, 0.2) is 82.6 Å². The molecule has 4 rings (SSSR count). The van der Waals surface area contributed by atoms with E-state index in [9.17, 15) is 8.42 Å². The molecule has 3 nitrogen and oxygen atoms in total. The summed E-state index contributed by atoms with van der Waals surface area (Å²) < 4.78 is 28.6. The third-order valence-electron chi connectivity index (χ3n) is 5.06. The van der Waals surface area contributed by atoms with E-state index in [1.165, 1.54) is 5.56 Å². The van der Waals surface area contributed by atoms with Crippen molar-refractivity contribution in [1.82, 2.24) is 0 Å². The summed E-state index contributed by atoms with van der Waals surface area (Å²) in [6.07, 6.45) is 0.736. The van der Waals surface area contributed by atoms with Crippen molar-refractivity contribution < 1.29 is 8.42 Å². The van der Waals surface area contributed by atoms with Gasteiger partial charge in [0.15, 0.2) is 0 Å². The Morgan fingerprint density at radius 1 is 0.893 bits per heavy atom. The zero-order valence-electron chi connectivity index (χ0n) is 16.0. The number of aryl methyl sites for hydroxylation is 2. The van der Waals surface area contributed by atoms with Crippen LogP contribution in [0.1, 0.15) is 16.7 Å². The zero-order valence-corrected chi connectivity index (χ0v) is 17.6. The molecule has 3 aromatic rings. The van der Waals surface area contributed by atoms with E-state index in [-0.39, 0.29) is 6.04 Å². The molecule has 144 valence electrons. The highest BCUT2D eigenvalue weighted by Gasteiger charge is 2.38. The van der Waals surface area contributed by atoms with Gasteiger partial charge < -0.3 is 0 Å². The molecule has 0 aliphatic carbocycles. The Morgan fingerprint density at radius 3 is 2.18 bits per heavy atom. The van der Waals surface area contributed by atoms with Gasteiger partial charge in [0.05, 0.1) is 16.6 Å². The third-order valence-corrected chi connectivity index (χ3v) is 8.09. The summed E-state index contributed by atoms with van der Waals surface area (Å²) in [7, 11) is -3.61. The van der Waals surface area contributed by atoms with Crippen molar-refractivity contribution in [3.8, 4) is 0 Å². The summed E-state index contributed by atoms with van der Waals surface area (Å²) in [6, 6.07) is 23.2. The lowest BCUT2D eigenvalue weighted by Gasteiger charge is -2.27. The fraction of sp³-hybridized carbons (Fsp3) is 0.217. The van der Waals surface area contributed by atoms with Crippen molar-refractivity contribution >= 4 is 27.5 Å². The van der Waals surface area contributed by atoms with Crippen LogP contribution in [0.2, 0.25) is 0 Å². The first-order chi connectivity index (χ1) is 13.4. The van der Waals surface area contributed by atoms with Gasteiger partial charge in [-0.3, -0.25) is 4.31 Å². The number of hydrogen-bond donors (Lipinski definition) is 0. The molecule has 1 aliphatic heterocycles. The van der Waals surface area contributed by atoms with E-state index in [0.29, 0.717) is 10.6 Å². The fourth-order valence-corrected chi connectivity index (χ4v) is 6.30. The van der Waals surface area contributed by atoms with E-state index in [1.54, 1.807) is 28.2 Å². The minimum Gasteiger partial charge on any atom is -0.262 e. The molecule has 0 spiro atoms. The van der Waals surface area contributed by atoms with E-state index < -0.39 is 10.0 Å². The summed E-state index contributed by atoms with van der Waals surface area (Å²) in [5, 5.41) is 0. The monoisotopic (exact) mass is 409 g/mol. The van der Waals surface area contributed by atoms with Crippen molar-refractivity contribution in [2.75, 3.05) is 10.1 Å². The van der Waals surface area contributed by atoms with Gasteiger partial charge in [-0.15, -0.1) is 11.8 Å². The second-order valence-electron chi connectivity index (χ2n) is 7.22. The molecule has 5 heteroatoms. The number of benzene rings is 3. The molecule has 0 bridgehead atoms. The predicted octanol–water partition coefficient (Wildman–Crippen LogP) is 5.22. The molecule has 1 heterocycles. The topological polar surface area (TPSA) is 37.4 Å². The zero-order chi connectivity index (χ0) is 19.7.